The quantitative estimate of drug-likeness (QED) is 0.786. The highest BCUT2D eigenvalue weighted by Crippen LogP contribution is 2.29. The third kappa shape index (κ3) is 2.27. The average molecular weight is 237 g/mol. The van der Waals surface area contributed by atoms with E-state index < -0.39 is 23.3 Å². The van der Waals surface area contributed by atoms with Gasteiger partial charge in [-0.2, -0.15) is 0 Å². The zero-order valence-electron chi connectivity index (χ0n) is 8.04. The minimum absolute atomic E-state index is 0.214. The van der Waals surface area contributed by atoms with Gasteiger partial charge in [0.05, 0.1) is 12.0 Å². The van der Waals surface area contributed by atoms with Gasteiger partial charge in [-0.05, 0) is 13.0 Å². The molecule has 0 bridgehead atoms. The molecule has 0 heterocycles. The fraction of sp³-hybridized carbons (Fsp3) is 0.400. The Balaban J connectivity index is 3.24. The molecule has 0 aliphatic rings. The topological polar surface area (TPSA) is 40.5 Å². The van der Waals surface area contributed by atoms with E-state index >= 15 is 0 Å². The van der Waals surface area contributed by atoms with Gasteiger partial charge in [0.25, 0.3) is 0 Å². The highest BCUT2D eigenvalue weighted by molar-refractivity contribution is 6.18. The molecule has 2 N–H and O–H groups in total. The molecule has 5 heteroatoms. The molecule has 0 aromatic heterocycles. The molecule has 2 atom stereocenters. The van der Waals surface area contributed by atoms with E-state index in [4.69, 9.17) is 11.6 Å². The van der Waals surface area contributed by atoms with E-state index in [1.165, 1.54) is 6.92 Å². The minimum Gasteiger partial charge on any atom is -0.390 e. The van der Waals surface area contributed by atoms with Gasteiger partial charge in [0.1, 0.15) is 17.2 Å². The van der Waals surface area contributed by atoms with Crippen LogP contribution in [0.15, 0.2) is 18.2 Å². The van der Waals surface area contributed by atoms with E-state index in [0.29, 0.717) is 6.07 Å². The molecule has 0 spiro atoms. The van der Waals surface area contributed by atoms with Gasteiger partial charge in [-0.15, -0.1) is 11.6 Å². The molecule has 84 valence electrons. The molecule has 0 amide bonds. The van der Waals surface area contributed by atoms with Crippen LogP contribution in [0.25, 0.3) is 0 Å². The number of aliphatic hydroxyl groups is 2. The molecule has 2 nitrogen and oxygen atoms in total. The van der Waals surface area contributed by atoms with Crippen molar-refractivity contribution < 1.29 is 19.0 Å². The fourth-order valence-corrected chi connectivity index (χ4v) is 1.62. The molecular formula is C10H11ClF2O2. The van der Waals surface area contributed by atoms with Crippen LogP contribution in [0.1, 0.15) is 12.5 Å². The van der Waals surface area contributed by atoms with E-state index in [1.807, 2.05) is 0 Å². The van der Waals surface area contributed by atoms with E-state index in [1.54, 1.807) is 0 Å². The second kappa shape index (κ2) is 4.43. The minimum atomic E-state index is -1.90. The van der Waals surface area contributed by atoms with Crippen LogP contribution in [0.3, 0.4) is 0 Å². The summed E-state index contributed by atoms with van der Waals surface area (Å²) in [4.78, 5) is 0. The van der Waals surface area contributed by atoms with E-state index in [0.717, 1.165) is 12.1 Å². The van der Waals surface area contributed by atoms with Crippen molar-refractivity contribution >= 4 is 11.6 Å². The third-order valence-corrected chi connectivity index (χ3v) is 2.70. The SMILES string of the molecule is C[C@@H](O)[C@@](O)(CCl)c1ccc(F)cc1F. The molecule has 15 heavy (non-hydrogen) atoms. The summed E-state index contributed by atoms with van der Waals surface area (Å²) in [6, 6.07) is 2.70. The number of benzene rings is 1. The van der Waals surface area contributed by atoms with Gasteiger partial charge < -0.3 is 10.2 Å². The van der Waals surface area contributed by atoms with Crippen LogP contribution in [0.5, 0.6) is 0 Å². The molecule has 0 radical (unpaired) electrons. The summed E-state index contributed by atoms with van der Waals surface area (Å²) >= 11 is 5.48. The maximum absolute atomic E-state index is 13.3. The lowest BCUT2D eigenvalue weighted by molar-refractivity contribution is -0.0563. The molecule has 0 aliphatic heterocycles. The monoisotopic (exact) mass is 236 g/mol. The molecule has 0 saturated heterocycles. The Kier molecular flexibility index (Phi) is 3.65. The van der Waals surface area contributed by atoms with Gasteiger partial charge in [-0.3, -0.25) is 0 Å². The Labute approximate surface area is 91.1 Å². The lowest BCUT2D eigenvalue weighted by atomic mass is 9.90. The van der Waals surface area contributed by atoms with Gasteiger partial charge in [0, 0.05) is 11.6 Å². The van der Waals surface area contributed by atoms with E-state index in [-0.39, 0.29) is 11.4 Å². The average Bonchev–Trinajstić information content (AvgIpc) is 2.16. The zero-order valence-corrected chi connectivity index (χ0v) is 8.80. The summed E-state index contributed by atoms with van der Waals surface area (Å²) in [5.74, 6) is -2.06. The van der Waals surface area contributed by atoms with E-state index in [9.17, 15) is 19.0 Å². The van der Waals surface area contributed by atoms with Gasteiger partial charge >= 0.3 is 0 Å². The largest absolute Gasteiger partial charge is 0.390 e. The van der Waals surface area contributed by atoms with Crippen LogP contribution in [0.2, 0.25) is 0 Å². The van der Waals surface area contributed by atoms with Crippen molar-refractivity contribution in [2.75, 3.05) is 5.88 Å². The van der Waals surface area contributed by atoms with Crippen molar-refractivity contribution in [1.29, 1.82) is 0 Å². The standard InChI is InChI=1S/C10H11ClF2O2/c1-6(14)10(15,5-11)8-3-2-7(12)4-9(8)13/h2-4,6,14-15H,5H2,1H3/t6-,10+/m1/s1. The first kappa shape index (κ1) is 12.4. The lowest BCUT2D eigenvalue weighted by Crippen LogP contribution is -2.40. The predicted octanol–water partition coefficient (Wildman–Crippen LogP) is 1.77. The number of hydrogen-bond donors (Lipinski definition) is 2. The van der Waals surface area contributed by atoms with Gasteiger partial charge in [0.15, 0.2) is 0 Å². The predicted molar refractivity (Wildman–Crippen MR) is 52.7 cm³/mol. The Morgan fingerprint density at radius 2 is 2.07 bits per heavy atom. The van der Waals surface area contributed by atoms with Crippen molar-refractivity contribution in [3.8, 4) is 0 Å². The van der Waals surface area contributed by atoms with Crippen LogP contribution >= 0.6 is 11.6 Å². The molecule has 1 rings (SSSR count). The van der Waals surface area contributed by atoms with Crippen molar-refractivity contribution in [3.63, 3.8) is 0 Å². The summed E-state index contributed by atoms with van der Waals surface area (Å²) < 4.78 is 25.9. The van der Waals surface area contributed by atoms with Gasteiger partial charge in [-0.25, -0.2) is 8.78 Å². The van der Waals surface area contributed by atoms with Crippen molar-refractivity contribution in [1.82, 2.24) is 0 Å². The molecule has 0 fully saturated rings. The number of rotatable bonds is 3. The van der Waals surface area contributed by atoms with E-state index in [2.05, 4.69) is 0 Å². The first-order valence-electron chi connectivity index (χ1n) is 4.33. The Bertz CT molecular complexity index is 357. The molecule has 0 aliphatic carbocycles. The lowest BCUT2D eigenvalue weighted by Gasteiger charge is -2.29. The summed E-state index contributed by atoms with van der Waals surface area (Å²) in [5, 5.41) is 19.2. The first-order valence-corrected chi connectivity index (χ1v) is 4.87. The van der Waals surface area contributed by atoms with Crippen molar-refractivity contribution in [2.45, 2.75) is 18.6 Å². The molecule has 0 unspecified atom stereocenters. The van der Waals surface area contributed by atoms with Gasteiger partial charge in [-0.1, -0.05) is 6.07 Å². The smallest absolute Gasteiger partial charge is 0.132 e. The Morgan fingerprint density at radius 3 is 2.47 bits per heavy atom. The Morgan fingerprint density at radius 1 is 1.47 bits per heavy atom. The molecule has 0 saturated carbocycles. The van der Waals surface area contributed by atoms with Crippen LogP contribution in [0, 0.1) is 11.6 Å². The number of aliphatic hydroxyl groups excluding tert-OH is 1. The fourth-order valence-electron chi connectivity index (χ4n) is 1.25. The first-order chi connectivity index (χ1) is 6.91. The Hall–Kier alpha value is -0.710. The van der Waals surface area contributed by atoms with Crippen molar-refractivity contribution in [2.24, 2.45) is 0 Å². The maximum atomic E-state index is 13.3. The van der Waals surface area contributed by atoms with Crippen LogP contribution in [-0.4, -0.2) is 22.2 Å². The van der Waals surface area contributed by atoms with Crippen LogP contribution in [0.4, 0.5) is 8.78 Å². The highest BCUT2D eigenvalue weighted by atomic mass is 35.5. The number of hydrogen-bond acceptors (Lipinski definition) is 2. The van der Waals surface area contributed by atoms with Crippen LogP contribution in [-0.2, 0) is 5.60 Å². The second-order valence-electron chi connectivity index (χ2n) is 3.36. The van der Waals surface area contributed by atoms with Crippen molar-refractivity contribution in [3.05, 3.63) is 35.4 Å². The summed E-state index contributed by atoms with van der Waals surface area (Å²) in [6.07, 6.45) is -1.25. The molecule has 1 aromatic carbocycles. The summed E-state index contributed by atoms with van der Waals surface area (Å²) in [5.41, 5.74) is -2.12. The van der Waals surface area contributed by atoms with Gasteiger partial charge in [0.2, 0.25) is 0 Å². The summed E-state index contributed by atoms with van der Waals surface area (Å²) in [6.45, 7) is 1.28. The zero-order chi connectivity index (χ0) is 11.6. The molecule has 1 aromatic rings. The third-order valence-electron chi connectivity index (χ3n) is 2.29. The van der Waals surface area contributed by atoms with Crippen LogP contribution < -0.4 is 0 Å². The highest BCUT2D eigenvalue weighted by Gasteiger charge is 2.36. The number of alkyl halides is 1. The number of halogens is 3. The second-order valence-corrected chi connectivity index (χ2v) is 3.63. The maximum Gasteiger partial charge on any atom is 0.132 e. The summed E-state index contributed by atoms with van der Waals surface area (Å²) in [7, 11) is 0. The normalized spacial score (nSPS) is 17.2. The molecular weight excluding hydrogens is 226 g/mol.